The van der Waals surface area contributed by atoms with Gasteiger partial charge in [0.1, 0.15) is 6.10 Å². The molecule has 2 aliphatic rings. The average Bonchev–Trinajstić information content (AvgIpc) is 2.49. The van der Waals surface area contributed by atoms with Gasteiger partial charge in [0.15, 0.2) is 0 Å². The van der Waals surface area contributed by atoms with Gasteiger partial charge >= 0.3 is 5.97 Å². The summed E-state index contributed by atoms with van der Waals surface area (Å²) < 4.78 is 5.92. The summed E-state index contributed by atoms with van der Waals surface area (Å²) in [6.45, 7) is 8.56. The summed E-state index contributed by atoms with van der Waals surface area (Å²) in [5.74, 6) is 1.60. The Hall–Kier alpha value is -1.05. The highest BCUT2D eigenvalue weighted by Gasteiger charge is 2.39. The number of hydrogen-bond acceptors (Lipinski definition) is 2. The molecule has 0 aliphatic heterocycles. The Morgan fingerprint density at radius 1 is 1.43 bits per heavy atom. The van der Waals surface area contributed by atoms with Gasteiger partial charge in [0.05, 0.1) is 5.92 Å². The second kappa shape index (κ2) is 7.29. The van der Waals surface area contributed by atoms with Crippen molar-refractivity contribution < 1.29 is 9.53 Å². The van der Waals surface area contributed by atoms with Crippen LogP contribution in [0, 0.1) is 23.7 Å². The molecule has 0 N–H and O–H groups in total. The molecule has 0 saturated carbocycles. The maximum atomic E-state index is 12.2. The van der Waals surface area contributed by atoms with Crippen LogP contribution in [0.5, 0.6) is 0 Å². The molecule has 2 heteroatoms. The molecule has 0 spiro atoms. The number of ether oxygens (including phenoxy) is 1. The predicted molar refractivity (Wildman–Crippen MR) is 86.8 cm³/mol. The van der Waals surface area contributed by atoms with Crippen LogP contribution in [0.25, 0.3) is 0 Å². The summed E-state index contributed by atoms with van der Waals surface area (Å²) in [6, 6.07) is 0. The molecule has 5 atom stereocenters. The highest BCUT2D eigenvalue weighted by molar-refractivity contribution is 5.72. The maximum absolute atomic E-state index is 12.2. The van der Waals surface area contributed by atoms with Gasteiger partial charge < -0.3 is 4.74 Å². The first-order valence-corrected chi connectivity index (χ1v) is 8.67. The number of allylic oxidation sites excluding steroid dienone is 3. The van der Waals surface area contributed by atoms with Gasteiger partial charge in [-0.2, -0.15) is 0 Å². The number of rotatable bonds is 5. The minimum Gasteiger partial charge on any atom is -0.461 e. The molecule has 2 nitrogen and oxygen atoms in total. The molecule has 0 saturated heterocycles. The first-order valence-electron chi connectivity index (χ1n) is 8.67. The second-order valence-corrected chi connectivity index (χ2v) is 6.76. The number of fused-ring (bicyclic) bond motifs is 1. The van der Waals surface area contributed by atoms with E-state index in [0.717, 1.165) is 19.3 Å². The number of carbonyl (C=O) groups excluding carboxylic acids is 1. The van der Waals surface area contributed by atoms with Crippen molar-refractivity contribution in [3.8, 4) is 0 Å². The Morgan fingerprint density at radius 2 is 2.19 bits per heavy atom. The molecule has 1 unspecified atom stereocenters. The predicted octanol–water partition coefficient (Wildman–Crippen LogP) is 4.90. The van der Waals surface area contributed by atoms with Crippen LogP contribution < -0.4 is 0 Å². The molecule has 0 bridgehead atoms. The highest BCUT2D eigenvalue weighted by atomic mass is 16.5. The fraction of sp³-hybridized carbons (Fsp3) is 0.737. The third-order valence-electron chi connectivity index (χ3n) is 5.25. The summed E-state index contributed by atoms with van der Waals surface area (Å²) in [4.78, 5) is 12.2. The van der Waals surface area contributed by atoms with Gasteiger partial charge in [-0.1, -0.05) is 52.3 Å². The zero-order valence-electron chi connectivity index (χ0n) is 14.0. The van der Waals surface area contributed by atoms with Crippen LogP contribution in [0.2, 0.25) is 0 Å². The van der Waals surface area contributed by atoms with Gasteiger partial charge in [0.2, 0.25) is 0 Å². The summed E-state index contributed by atoms with van der Waals surface area (Å²) >= 11 is 0. The topological polar surface area (TPSA) is 26.3 Å². The van der Waals surface area contributed by atoms with Crippen molar-refractivity contribution in [1.29, 1.82) is 0 Å². The summed E-state index contributed by atoms with van der Waals surface area (Å²) in [7, 11) is 0. The largest absolute Gasteiger partial charge is 0.461 e. The van der Waals surface area contributed by atoms with E-state index in [9.17, 15) is 4.79 Å². The molecule has 2 aliphatic carbocycles. The van der Waals surface area contributed by atoms with Crippen molar-refractivity contribution in [1.82, 2.24) is 0 Å². The van der Waals surface area contributed by atoms with Gasteiger partial charge in [0, 0.05) is 5.92 Å². The fourth-order valence-corrected chi connectivity index (χ4v) is 3.72. The third kappa shape index (κ3) is 3.59. The molecule has 0 aromatic carbocycles. The lowest BCUT2D eigenvalue weighted by Gasteiger charge is -2.41. The lowest BCUT2D eigenvalue weighted by atomic mass is 9.67. The first kappa shape index (κ1) is 16.3. The lowest BCUT2D eigenvalue weighted by molar-refractivity contribution is -0.157. The normalized spacial score (nSPS) is 33.0. The molecule has 2 rings (SSSR count). The van der Waals surface area contributed by atoms with Crippen molar-refractivity contribution in [2.45, 2.75) is 65.9 Å². The Labute approximate surface area is 129 Å². The smallest absolute Gasteiger partial charge is 0.308 e. The summed E-state index contributed by atoms with van der Waals surface area (Å²) in [5, 5.41) is 0. The van der Waals surface area contributed by atoms with Crippen molar-refractivity contribution in [3.63, 3.8) is 0 Å². The lowest BCUT2D eigenvalue weighted by Crippen LogP contribution is -2.40. The van der Waals surface area contributed by atoms with Gasteiger partial charge in [-0.3, -0.25) is 4.79 Å². The molecular formula is C19H30O2. The Kier molecular flexibility index (Phi) is 5.66. The van der Waals surface area contributed by atoms with E-state index in [1.54, 1.807) is 0 Å². The number of esters is 1. The van der Waals surface area contributed by atoms with Crippen LogP contribution >= 0.6 is 0 Å². The van der Waals surface area contributed by atoms with E-state index >= 15 is 0 Å². The van der Waals surface area contributed by atoms with Crippen LogP contribution in [0.1, 0.15) is 59.8 Å². The number of carbonyl (C=O) groups is 1. The molecule has 118 valence electrons. The standard InChI is InChI=1S/C19H30O2/c1-5-8-16-14(4)11-12-15-9-7-10-17(18(15)16)21-19(20)13(3)6-2/h9,11-14,16-18H,5-8,10H2,1-4H3/t13-,14-,16-,17?,18-/m0/s1. The van der Waals surface area contributed by atoms with Gasteiger partial charge in [-0.25, -0.2) is 0 Å². The van der Waals surface area contributed by atoms with Crippen LogP contribution in [0.4, 0.5) is 0 Å². The molecule has 21 heavy (non-hydrogen) atoms. The fourth-order valence-electron chi connectivity index (χ4n) is 3.72. The highest BCUT2D eigenvalue weighted by Crippen LogP contribution is 2.43. The van der Waals surface area contributed by atoms with Crippen molar-refractivity contribution in [3.05, 3.63) is 23.8 Å². The first-order chi connectivity index (χ1) is 10.1. The van der Waals surface area contributed by atoms with E-state index in [2.05, 4.69) is 32.1 Å². The monoisotopic (exact) mass is 290 g/mol. The zero-order valence-corrected chi connectivity index (χ0v) is 14.0. The summed E-state index contributed by atoms with van der Waals surface area (Å²) in [6.07, 6.45) is 12.3. The van der Waals surface area contributed by atoms with Crippen LogP contribution in [0.3, 0.4) is 0 Å². The molecular weight excluding hydrogens is 260 g/mol. The van der Waals surface area contributed by atoms with Crippen molar-refractivity contribution >= 4 is 5.97 Å². The van der Waals surface area contributed by atoms with Crippen molar-refractivity contribution in [2.24, 2.45) is 23.7 Å². The van der Waals surface area contributed by atoms with E-state index in [-0.39, 0.29) is 18.0 Å². The van der Waals surface area contributed by atoms with E-state index < -0.39 is 0 Å². The Morgan fingerprint density at radius 3 is 2.86 bits per heavy atom. The van der Waals surface area contributed by atoms with Crippen LogP contribution in [-0.2, 0) is 9.53 Å². The Bertz CT molecular complexity index is 421. The average molecular weight is 290 g/mol. The minimum absolute atomic E-state index is 0.0128. The third-order valence-corrected chi connectivity index (χ3v) is 5.25. The van der Waals surface area contributed by atoms with Gasteiger partial charge in [0.25, 0.3) is 0 Å². The van der Waals surface area contributed by atoms with Gasteiger partial charge in [-0.15, -0.1) is 0 Å². The molecule has 0 aromatic heterocycles. The zero-order chi connectivity index (χ0) is 15.4. The van der Waals surface area contributed by atoms with Crippen LogP contribution in [-0.4, -0.2) is 12.1 Å². The molecule has 0 fully saturated rings. The van der Waals surface area contributed by atoms with Crippen molar-refractivity contribution in [2.75, 3.05) is 0 Å². The van der Waals surface area contributed by atoms with Crippen LogP contribution in [0.15, 0.2) is 23.8 Å². The van der Waals surface area contributed by atoms with E-state index in [4.69, 9.17) is 4.74 Å². The molecule has 0 heterocycles. The Balaban J connectivity index is 2.17. The quantitative estimate of drug-likeness (QED) is 0.673. The molecule has 0 radical (unpaired) electrons. The van der Waals surface area contributed by atoms with E-state index in [1.165, 1.54) is 18.4 Å². The van der Waals surface area contributed by atoms with E-state index in [0.29, 0.717) is 17.8 Å². The molecule has 0 amide bonds. The second-order valence-electron chi connectivity index (χ2n) is 6.76. The summed E-state index contributed by atoms with van der Waals surface area (Å²) in [5.41, 5.74) is 1.40. The van der Waals surface area contributed by atoms with E-state index in [1.807, 2.05) is 13.8 Å². The molecule has 0 aromatic rings. The van der Waals surface area contributed by atoms with Gasteiger partial charge in [-0.05, 0) is 43.1 Å². The SMILES string of the molecule is CCC[C@@H]1[C@@H]2C(=CCCC2OC(=O)[C@@H](C)CC)C=C[C@@H]1C. The minimum atomic E-state index is -0.0128. The number of hydrogen-bond donors (Lipinski definition) is 0. The maximum Gasteiger partial charge on any atom is 0.308 e.